The molecule has 0 unspecified atom stereocenters. The van der Waals surface area contributed by atoms with Gasteiger partial charge in [0.2, 0.25) is 0 Å². The van der Waals surface area contributed by atoms with E-state index in [0.29, 0.717) is 34.4 Å². The Bertz CT molecular complexity index is 1340. The third-order valence-corrected chi connectivity index (χ3v) is 6.65. The first-order valence-electron chi connectivity index (χ1n) is 9.14. The largest absolute Gasteiger partial charge is 0.496 e. The van der Waals surface area contributed by atoms with E-state index in [4.69, 9.17) is 9.47 Å². The molecule has 0 amide bonds. The van der Waals surface area contributed by atoms with E-state index in [1.165, 1.54) is 18.2 Å². The minimum Gasteiger partial charge on any atom is -0.496 e. The van der Waals surface area contributed by atoms with Gasteiger partial charge >= 0.3 is 0 Å². The zero-order chi connectivity index (χ0) is 21.3. The first-order valence-corrected chi connectivity index (χ1v) is 10.6. The standard InChI is InChI=1S/C23H19NO5S/c1-28-21-13-12-17(15-25)23(29-2)22(21)20-14-16-8-6-7-11-19(16)24(20)30(26,27)18-9-4-3-5-10-18/h3-15H,1-2H3. The molecule has 152 valence electrons. The highest BCUT2D eigenvalue weighted by Crippen LogP contribution is 2.43. The fraction of sp³-hybridized carbons (Fsp3) is 0.0870. The van der Waals surface area contributed by atoms with Gasteiger partial charge < -0.3 is 9.47 Å². The van der Waals surface area contributed by atoms with E-state index >= 15 is 0 Å². The molecule has 4 rings (SSSR count). The Morgan fingerprint density at radius 2 is 1.57 bits per heavy atom. The van der Waals surface area contributed by atoms with E-state index in [-0.39, 0.29) is 10.6 Å². The summed E-state index contributed by atoms with van der Waals surface area (Å²) in [5.74, 6) is 0.640. The molecule has 0 aliphatic carbocycles. The molecule has 1 heterocycles. The molecular weight excluding hydrogens is 402 g/mol. The third kappa shape index (κ3) is 3.04. The smallest absolute Gasteiger partial charge is 0.268 e. The summed E-state index contributed by atoms with van der Waals surface area (Å²) < 4.78 is 39.6. The summed E-state index contributed by atoms with van der Waals surface area (Å²) in [5, 5.41) is 0.729. The highest BCUT2D eigenvalue weighted by atomic mass is 32.2. The SMILES string of the molecule is COc1ccc(C=O)c(OC)c1-c1cc2ccccc2n1S(=O)(=O)c1ccccc1. The number of hydrogen-bond donors (Lipinski definition) is 0. The normalized spacial score (nSPS) is 11.4. The number of aromatic nitrogens is 1. The van der Waals surface area contributed by atoms with Crippen molar-refractivity contribution in [3.05, 3.63) is 78.4 Å². The van der Waals surface area contributed by atoms with Crippen LogP contribution in [0.1, 0.15) is 10.4 Å². The molecule has 0 N–H and O–H groups in total. The second kappa shape index (κ2) is 7.68. The summed E-state index contributed by atoms with van der Waals surface area (Å²) in [5.41, 5.74) is 1.54. The molecule has 0 atom stereocenters. The predicted molar refractivity (Wildman–Crippen MR) is 115 cm³/mol. The fourth-order valence-electron chi connectivity index (χ4n) is 3.57. The Hall–Kier alpha value is -3.58. The third-order valence-electron chi connectivity index (χ3n) is 4.91. The quantitative estimate of drug-likeness (QED) is 0.432. The molecule has 0 fully saturated rings. The lowest BCUT2D eigenvalue weighted by molar-refractivity contribution is 0.112. The Labute approximate surface area is 174 Å². The van der Waals surface area contributed by atoms with Gasteiger partial charge in [0.15, 0.2) is 6.29 Å². The van der Waals surface area contributed by atoms with Crippen LogP contribution in [0.5, 0.6) is 11.5 Å². The molecule has 0 aliphatic heterocycles. The summed E-state index contributed by atoms with van der Waals surface area (Å²) in [6.45, 7) is 0. The van der Waals surface area contributed by atoms with E-state index in [9.17, 15) is 13.2 Å². The summed E-state index contributed by atoms with van der Waals surface area (Å²) in [6, 6.07) is 20.3. The number of rotatable bonds is 6. The van der Waals surface area contributed by atoms with Gasteiger partial charge in [0.05, 0.1) is 41.5 Å². The molecule has 6 nitrogen and oxygen atoms in total. The minimum absolute atomic E-state index is 0.150. The van der Waals surface area contributed by atoms with Crippen molar-refractivity contribution in [1.29, 1.82) is 0 Å². The molecule has 4 aromatic rings. The van der Waals surface area contributed by atoms with Gasteiger partial charge in [-0.3, -0.25) is 4.79 Å². The van der Waals surface area contributed by atoms with Crippen molar-refractivity contribution in [1.82, 2.24) is 3.97 Å². The van der Waals surface area contributed by atoms with E-state index in [1.54, 1.807) is 60.7 Å². The molecule has 0 saturated carbocycles. The number of hydrogen-bond acceptors (Lipinski definition) is 5. The average Bonchev–Trinajstić information content (AvgIpc) is 3.18. The van der Waals surface area contributed by atoms with Crippen molar-refractivity contribution >= 4 is 27.2 Å². The van der Waals surface area contributed by atoms with Gasteiger partial charge in [-0.15, -0.1) is 0 Å². The molecule has 0 aliphatic rings. The predicted octanol–water partition coefficient (Wildman–Crippen LogP) is 4.38. The van der Waals surface area contributed by atoms with Crippen LogP contribution in [-0.2, 0) is 10.0 Å². The first-order chi connectivity index (χ1) is 14.5. The lowest BCUT2D eigenvalue weighted by Crippen LogP contribution is -2.14. The number of para-hydroxylation sites is 1. The summed E-state index contributed by atoms with van der Waals surface area (Å²) in [6.07, 6.45) is 0.667. The van der Waals surface area contributed by atoms with Crippen LogP contribution in [0.25, 0.3) is 22.2 Å². The van der Waals surface area contributed by atoms with Crippen molar-refractivity contribution in [3.8, 4) is 22.8 Å². The van der Waals surface area contributed by atoms with Crippen molar-refractivity contribution in [3.63, 3.8) is 0 Å². The average molecular weight is 421 g/mol. The molecule has 0 spiro atoms. The molecule has 7 heteroatoms. The van der Waals surface area contributed by atoms with Crippen LogP contribution in [0.15, 0.2) is 77.7 Å². The minimum atomic E-state index is -3.95. The van der Waals surface area contributed by atoms with Crippen molar-refractivity contribution < 1.29 is 22.7 Å². The highest BCUT2D eigenvalue weighted by Gasteiger charge is 2.28. The zero-order valence-corrected chi connectivity index (χ0v) is 17.2. The fourth-order valence-corrected chi connectivity index (χ4v) is 5.11. The maximum absolute atomic E-state index is 13.7. The van der Waals surface area contributed by atoms with Crippen LogP contribution >= 0.6 is 0 Å². The van der Waals surface area contributed by atoms with Gasteiger partial charge in [0.1, 0.15) is 11.5 Å². The van der Waals surface area contributed by atoms with Crippen LogP contribution in [0.2, 0.25) is 0 Å². The topological polar surface area (TPSA) is 74.6 Å². The maximum atomic E-state index is 13.7. The number of ether oxygens (including phenoxy) is 2. The van der Waals surface area contributed by atoms with Crippen LogP contribution < -0.4 is 9.47 Å². The van der Waals surface area contributed by atoms with Gasteiger partial charge in [-0.2, -0.15) is 0 Å². The number of nitrogens with zero attached hydrogens (tertiary/aromatic N) is 1. The molecule has 30 heavy (non-hydrogen) atoms. The highest BCUT2D eigenvalue weighted by molar-refractivity contribution is 7.90. The number of aldehydes is 1. The number of carbonyl (C=O) groups excluding carboxylic acids is 1. The maximum Gasteiger partial charge on any atom is 0.268 e. The van der Waals surface area contributed by atoms with E-state index in [2.05, 4.69) is 0 Å². The monoisotopic (exact) mass is 421 g/mol. The molecule has 0 saturated heterocycles. The lowest BCUT2D eigenvalue weighted by atomic mass is 10.0. The lowest BCUT2D eigenvalue weighted by Gasteiger charge is -2.17. The molecule has 0 bridgehead atoms. The van der Waals surface area contributed by atoms with Crippen LogP contribution in [-0.4, -0.2) is 32.9 Å². The number of carbonyl (C=O) groups is 1. The van der Waals surface area contributed by atoms with Crippen LogP contribution in [0.4, 0.5) is 0 Å². The van der Waals surface area contributed by atoms with Gasteiger partial charge in [-0.25, -0.2) is 12.4 Å². The summed E-state index contributed by atoms with van der Waals surface area (Å²) >= 11 is 0. The van der Waals surface area contributed by atoms with Crippen molar-refractivity contribution in [2.75, 3.05) is 14.2 Å². The molecule has 3 aromatic carbocycles. The Balaban J connectivity index is 2.16. The number of fused-ring (bicyclic) bond motifs is 1. The Morgan fingerprint density at radius 3 is 2.23 bits per heavy atom. The Kier molecular flexibility index (Phi) is 5.05. The van der Waals surface area contributed by atoms with Gasteiger partial charge in [0, 0.05) is 5.39 Å². The first kappa shape index (κ1) is 19.7. The van der Waals surface area contributed by atoms with E-state index < -0.39 is 10.0 Å². The van der Waals surface area contributed by atoms with E-state index in [0.717, 1.165) is 5.39 Å². The summed E-state index contributed by atoms with van der Waals surface area (Å²) in [4.78, 5) is 11.7. The molecule has 0 radical (unpaired) electrons. The summed E-state index contributed by atoms with van der Waals surface area (Å²) in [7, 11) is -1.04. The van der Waals surface area contributed by atoms with Crippen LogP contribution in [0, 0.1) is 0 Å². The van der Waals surface area contributed by atoms with Crippen molar-refractivity contribution in [2.45, 2.75) is 4.90 Å². The van der Waals surface area contributed by atoms with Gasteiger partial charge in [-0.05, 0) is 36.4 Å². The number of benzene rings is 3. The van der Waals surface area contributed by atoms with Crippen LogP contribution in [0.3, 0.4) is 0 Å². The van der Waals surface area contributed by atoms with Crippen molar-refractivity contribution in [2.24, 2.45) is 0 Å². The number of methoxy groups -OCH3 is 2. The van der Waals surface area contributed by atoms with Gasteiger partial charge in [-0.1, -0.05) is 36.4 Å². The van der Waals surface area contributed by atoms with E-state index in [1.807, 2.05) is 12.1 Å². The second-order valence-corrected chi connectivity index (χ2v) is 8.34. The zero-order valence-electron chi connectivity index (χ0n) is 16.4. The Morgan fingerprint density at radius 1 is 0.867 bits per heavy atom. The molecule has 1 aromatic heterocycles. The molecular formula is C23H19NO5S. The van der Waals surface area contributed by atoms with Gasteiger partial charge in [0.25, 0.3) is 10.0 Å². The second-order valence-electron chi connectivity index (χ2n) is 6.55.